The highest BCUT2D eigenvalue weighted by molar-refractivity contribution is 6.36. The summed E-state index contributed by atoms with van der Waals surface area (Å²) < 4.78 is 5.95. The van der Waals surface area contributed by atoms with Gasteiger partial charge in [0.15, 0.2) is 17.6 Å². The number of ether oxygens (including phenoxy) is 1. The molecule has 1 N–H and O–H groups in total. The Bertz CT molecular complexity index is 745. The number of carbonyl (C=O) groups excluding carboxylic acids is 2. The smallest absolute Gasteiger partial charge is 0.356 e. The summed E-state index contributed by atoms with van der Waals surface area (Å²) in [4.78, 5) is 53.2. The number of nitrogens with one attached hydrogen (secondary N) is 1. The number of Topliss-reactive ketones (excluding diaryl/α,β-unsaturated/α-hetero) is 1. The summed E-state index contributed by atoms with van der Waals surface area (Å²) in [5.41, 5.74) is -1.38. The van der Waals surface area contributed by atoms with E-state index < -0.39 is 29.1 Å². The van der Waals surface area contributed by atoms with Gasteiger partial charge >= 0.3 is 11.7 Å². The first-order valence-corrected chi connectivity index (χ1v) is 6.67. The van der Waals surface area contributed by atoms with Gasteiger partial charge in [0.25, 0.3) is 5.56 Å². The zero-order valence-corrected chi connectivity index (χ0v) is 12.1. The Hall–Kier alpha value is -2.71. The maximum Gasteiger partial charge on any atom is 0.356 e. The van der Waals surface area contributed by atoms with Crippen molar-refractivity contribution in [2.75, 3.05) is 6.61 Å². The van der Waals surface area contributed by atoms with E-state index in [1.807, 2.05) is 0 Å². The Labute approximate surface area is 124 Å². The van der Waals surface area contributed by atoms with Crippen LogP contribution in [-0.2, 0) is 20.9 Å². The van der Waals surface area contributed by atoms with E-state index >= 15 is 0 Å². The number of carbonyl (C=O) groups is 2. The SMILES string of the molecule is CCOC(=O)C1=NO[C@@H](Cn2cc(C(C)=O)c(=O)[nH]c2=O)C1. The monoisotopic (exact) mass is 309 g/mol. The van der Waals surface area contributed by atoms with Gasteiger partial charge < -0.3 is 9.57 Å². The number of nitrogens with zero attached hydrogens (tertiary/aromatic N) is 2. The lowest BCUT2D eigenvalue weighted by molar-refractivity contribution is -0.135. The van der Waals surface area contributed by atoms with Crippen LogP contribution in [0, 0.1) is 0 Å². The number of oxime groups is 1. The number of hydrogen-bond acceptors (Lipinski definition) is 7. The molecule has 9 nitrogen and oxygen atoms in total. The summed E-state index contributed by atoms with van der Waals surface area (Å²) in [6.07, 6.45) is 0.803. The molecule has 1 aliphatic heterocycles. The van der Waals surface area contributed by atoms with Crippen LogP contribution in [-0.4, -0.2) is 39.7 Å². The molecule has 0 aliphatic carbocycles. The average Bonchev–Trinajstić information content (AvgIpc) is 2.90. The molecule has 22 heavy (non-hydrogen) atoms. The maximum atomic E-state index is 11.7. The van der Waals surface area contributed by atoms with Crippen molar-refractivity contribution in [3.63, 3.8) is 0 Å². The quantitative estimate of drug-likeness (QED) is 0.575. The molecule has 0 amide bonds. The summed E-state index contributed by atoms with van der Waals surface area (Å²) in [7, 11) is 0. The van der Waals surface area contributed by atoms with Crippen LogP contribution >= 0.6 is 0 Å². The fourth-order valence-corrected chi connectivity index (χ4v) is 1.98. The molecule has 0 spiro atoms. The van der Waals surface area contributed by atoms with Crippen LogP contribution in [0.1, 0.15) is 30.6 Å². The minimum atomic E-state index is -0.732. The topological polar surface area (TPSA) is 120 Å². The Morgan fingerprint density at radius 2 is 2.23 bits per heavy atom. The van der Waals surface area contributed by atoms with Crippen LogP contribution in [0.25, 0.3) is 0 Å². The van der Waals surface area contributed by atoms with E-state index in [2.05, 4.69) is 10.1 Å². The molecule has 0 saturated heterocycles. The molecule has 118 valence electrons. The van der Waals surface area contributed by atoms with E-state index in [4.69, 9.17) is 9.57 Å². The minimum Gasteiger partial charge on any atom is -0.461 e. The lowest BCUT2D eigenvalue weighted by Crippen LogP contribution is -2.35. The number of H-pyrrole nitrogens is 1. The number of rotatable bonds is 5. The van der Waals surface area contributed by atoms with Crippen molar-refractivity contribution < 1.29 is 19.2 Å². The van der Waals surface area contributed by atoms with Gasteiger partial charge in [-0.25, -0.2) is 9.59 Å². The molecular weight excluding hydrogens is 294 g/mol. The lowest BCUT2D eigenvalue weighted by Gasteiger charge is -2.10. The summed E-state index contributed by atoms with van der Waals surface area (Å²) in [6, 6.07) is 0. The van der Waals surface area contributed by atoms with Crippen LogP contribution in [0.4, 0.5) is 0 Å². The van der Waals surface area contributed by atoms with Crippen molar-refractivity contribution in [1.29, 1.82) is 0 Å². The van der Waals surface area contributed by atoms with Gasteiger partial charge in [-0.05, 0) is 13.8 Å². The van der Waals surface area contributed by atoms with Crippen molar-refractivity contribution in [1.82, 2.24) is 9.55 Å². The first-order chi connectivity index (χ1) is 10.4. The van der Waals surface area contributed by atoms with Crippen molar-refractivity contribution in [3.8, 4) is 0 Å². The summed E-state index contributed by atoms with van der Waals surface area (Å²) in [5, 5.41) is 3.62. The fraction of sp³-hybridized carbons (Fsp3) is 0.462. The first kappa shape index (κ1) is 15.7. The first-order valence-electron chi connectivity index (χ1n) is 6.67. The largest absolute Gasteiger partial charge is 0.461 e. The number of ketones is 1. The molecule has 1 atom stereocenters. The van der Waals surface area contributed by atoms with Gasteiger partial charge in [-0.2, -0.15) is 0 Å². The summed E-state index contributed by atoms with van der Waals surface area (Å²) in [5.74, 6) is -1.02. The van der Waals surface area contributed by atoms with Gasteiger partial charge in [0.1, 0.15) is 0 Å². The summed E-state index contributed by atoms with van der Waals surface area (Å²) >= 11 is 0. The van der Waals surface area contributed by atoms with E-state index in [9.17, 15) is 19.2 Å². The van der Waals surface area contributed by atoms with E-state index in [0.717, 1.165) is 4.57 Å². The van der Waals surface area contributed by atoms with Gasteiger partial charge in [0.05, 0.1) is 18.7 Å². The number of aromatic nitrogens is 2. The zero-order valence-electron chi connectivity index (χ0n) is 12.1. The second kappa shape index (κ2) is 6.37. The Morgan fingerprint density at radius 3 is 2.86 bits per heavy atom. The molecule has 0 radical (unpaired) electrons. The average molecular weight is 309 g/mol. The molecule has 0 unspecified atom stereocenters. The Morgan fingerprint density at radius 1 is 1.50 bits per heavy atom. The van der Waals surface area contributed by atoms with E-state index in [1.54, 1.807) is 6.92 Å². The lowest BCUT2D eigenvalue weighted by atomic mass is 10.2. The third kappa shape index (κ3) is 3.30. The third-order valence-electron chi connectivity index (χ3n) is 3.03. The second-order valence-electron chi connectivity index (χ2n) is 4.70. The molecule has 0 aromatic carbocycles. The van der Waals surface area contributed by atoms with Gasteiger partial charge in [-0.15, -0.1) is 0 Å². The van der Waals surface area contributed by atoms with Crippen molar-refractivity contribution >= 4 is 17.5 Å². The molecule has 0 bridgehead atoms. The fourth-order valence-electron chi connectivity index (χ4n) is 1.98. The van der Waals surface area contributed by atoms with Crippen LogP contribution in [0.3, 0.4) is 0 Å². The molecule has 2 heterocycles. The maximum absolute atomic E-state index is 11.7. The van der Waals surface area contributed by atoms with Gasteiger partial charge in [0.2, 0.25) is 0 Å². The van der Waals surface area contributed by atoms with E-state index in [-0.39, 0.29) is 30.8 Å². The number of hydrogen-bond donors (Lipinski definition) is 1. The number of esters is 1. The number of aromatic amines is 1. The molecule has 2 rings (SSSR count). The Balaban J connectivity index is 2.12. The molecule has 0 saturated carbocycles. The summed E-state index contributed by atoms with van der Waals surface area (Å²) in [6.45, 7) is 3.18. The van der Waals surface area contributed by atoms with Crippen LogP contribution in [0.2, 0.25) is 0 Å². The van der Waals surface area contributed by atoms with E-state index in [0.29, 0.717) is 0 Å². The van der Waals surface area contributed by atoms with Gasteiger partial charge in [-0.3, -0.25) is 19.1 Å². The normalized spacial score (nSPS) is 16.8. The molecule has 1 aliphatic rings. The predicted molar refractivity (Wildman–Crippen MR) is 74.9 cm³/mol. The Kier molecular flexibility index (Phi) is 4.54. The molecule has 0 fully saturated rings. The van der Waals surface area contributed by atoms with Crippen LogP contribution in [0.15, 0.2) is 20.9 Å². The standard InChI is InChI=1S/C13H15N3O6/c1-3-21-12(19)10-4-8(22-15-10)5-16-6-9(7(2)17)11(18)14-13(16)20/h6,8H,3-5H2,1-2H3,(H,14,18,20)/t8-/m1/s1. The molecule has 1 aromatic rings. The predicted octanol–water partition coefficient (Wildman–Crippen LogP) is -0.553. The third-order valence-corrected chi connectivity index (χ3v) is 3.03. The van der Waals surface area contributed by atoms with Crippen molar-refractivity contribution in [2.24, 2.45) is 5.16 Å². The van der Waals surface area contributed by atoms with Crippen molar-refractivity contribution in [2.45, 2.75) is 32.9 Å². The van der Waals surface area contributed by atoms with Gasteiger partial charge in [-0.1, -0.05) is 5.16 Å². The highest BCUT2D eigenvalue weighted by Gasteiger charge is 2.27. The van der Waals surface area contributed by atoms with Crippen LogP contribution in [0.5, 0.6) is 0 Å². The second-order valence-corrected chi connectivity index (χ2v) is 4.70. The molecule has 9 heteroatoms. The van der Waals surface area contributed by atoms with Gasteiger partial charge in [0, 0.05) is 12.6 Å². The molecular formula is C13H15N3O6. The van der Waals surface area contributed by atoms with Crippen LogP contribution < -0.4 is 11.2 Å². The zero-order chi connectivity index (χ0) is 16.3. The highest BCUT2D eigenvalue weighted by atomic mass is 16.6. The highest BCUT2D eigenvalue weighted by Crippen LogP contribution is 2.13. The van der Waals surface area contributed by atoms with Crippen molar-refractivity contribution in [3.05, 3.63) is 32.6 Å². The van der Waals surface area contributed by atoms with E-state index in [1.165, 1.54) is 13.1 Å². The minimum absolute atomic E-state index is 0.0439. The molecule has 1 aromatic heterocycles.